The highest BCUT2D eigenvalue weighted by Crippen LogP contribution is 2.18. The zero-order valence-electron chi connectivity index (χ0n) is 16.1. The molecule has 1 aliphatic rings. The molecular weight excluding hydrogens is 338 g/mol. The van der Waals surface area contributed by atoms with Gasteiger partial charge in [0.2, 0.25) is 11.8 Å². The molecule has 5 heteroatoms. The summed E-state index contributed by atoms with van der Waals surface area (Å²) < 4.78 is 0. The van der Waals surface area contributed by atoms with Crippen LogP contribution >= 0.6 is 0 Å². The molecule has 1 saturated heterocycles. The molecule has 0 spiro atoms. The van der Waals surface area contributed by atoms with Gasteiger partial charge in [-0.25, -0.2) is 0 Å². The molecule has 3 rings (SSSR count). The predicted molar refractivity (Wildman–Crippen MR) is 108 cm³/mol. The van der Waals surface area contributed by atoms with Crippen LogP contribution in [0.2, 0.25) is 0 Å². The molecule has 0 aromatic heterocycles. The summed E-state index contributed by atoms with van der Waals surface area (Å²) in [5, 5.41) is 8.03. The summed E-state index contributed by atoms with van der Waals surface area (Å²) in [6.45, 7) is 5.71. The minimum Gasteiger partial charge on any atom is -0.351 e. The summed E-state index contributed by atoms with van der Waals surface area (Å²) in [5.74, 6) is -0.214. The largest absolute Gasteiger partial charge is 0.351 e. The first kappa shape index (κ1) is 19.4. The maximum absolute atomic E-state index is 12.3. The second kappa shape index (κ2) is 9.51. The fourth-order valence-electron chi connectivity index (χ4n) is 3.91. The molecule has 144 valence electrons. The van der Waals surface area contributed by atoms with Gasteiger partial charge in [0.15, 0.2) is 0 Å². The second-order valence-electron chi connectivity index (χ2n) is 7.43. The van der Waals surface area contributed by atoms with Crippen LogP contribution in [0.25, 0.3) is 10.8 Å². The quantitative estimate of drug-likeness (QED) is 0.685. The Morgan fingerprint density at radius 1 is 1.04 bits per heavy atom. The van der Waals surface area contributed by atoms with Crippen LogP contribution in [0.1, 0.15) is 31.7 Å². The van der Waals surface area contributed by atoms with Gasteiger partial charge in [-0.05, 0) is 22.8 Å². The average Bonchev–Trinajstić information content (AvgIpc) is 2.68. The van der Waals surface area contributed by atoms with Gasteiger partial charge in [-0.2, -0.15) is 0 Å². The van der Waals surface area contributed by atoms with Crippen molar-refractivity contribution in [2.45, 2.75) is 38.6 Å². The number of quaternary nitrogens is 1. The SMILES string of the molecule is CCC[NH+]1CCC(NC(=O)CNC(=O)Cc2cccc3ccccc23)CC1. The highest BCUT2D eigenvalue weighted by molar-refractivity contribution is 5.91. The Kier molecular flexibility index (Phi) is 6.82. The van der Waals surface area contributed by atoms with Crippen LogP contribution in [0.3, 0.4) is 0 Å². The number of hydrogen-bond donors (Lipinski definition) is 3. The zero-order chi connectivity index (χ0) is 19.1. The van der Waals surface area contributed by atoms with Crippen LogP contribution in [-0.4, -0.2) is 44.0 Å². The molecule has 0 unspecified atom stereocenters. The molecule has 27 heavy (non-hydrogen) atoms. The van der Waals surface area contributed by atoms with E-state index in [4.69, 9.17) is 0 Å². The van der Waals surface area contributed by atoms with Crippen LogP contribution in [0.5, 0.6) is 0 Å². The third kappa shape index (κ3) is 5.54. The summed E-state index contributed by atoms with van der Waals surface area (Å²) in [6, 6.07) is 14.2. The number of rotatable bonds is 7. The lowest BCUT2D eigenvalue weighted by molar-refractivity contribution is -0.905. The fourth-order valence-corrected chi connectivity index (χ4v) is 3.91. The van der Waals surface area contributed by atoms with Crippen molar-refractivity contribution in [2.75, 3.05) is 26.2 Å². The number of piperidine rings is 1. The van der Waals surface area contributed by atoms with E-state index in [1.807, 2.05) is 42.5 Å². The van der Waals surface area contributed by atoms with Crippen LogP contribution in [0.15, 0.2) is 42.5 Å². The lowest BCUT2D eigenvalue weighted by atomic mass is 10.0. The lowest BCUT2D eigenvalue weighted by Crippen LogP contribution is -3.13. The number of benzene rings is 2. The normalized spacial score (nSPS) is 19.6. The van der Waals surface area contributed by atoms with Crippen LogP contribution in [0.4, 0.5) is 0 Å². The van der Waals surface area contributed by atoms with E-state index in [0.29, 0.717) is 0 Å². The molecule has 1 heterocycles. The van der Waals surface area contributed by atoms with Crippen molar-refractivity contribution in [3.63, 3.8) is 0 Å². The Bertz CT molecular complexity index is 777. The Morgan fingerprint density at radius 3 is 2.56 bits per heavy atom. The Labute approximate surface area is 161 Å². The van der Waals surface area contributed by atoms with Gasteiger partial charge in [0.05, 0.1) is 32.6 Å². The molecule has 0 radical (unpaired) electrons. The van der Waals surface area contributed by atoms with Gasteiger partial charge in [0, 0.05) is 18.9 Å². The Balaban J connectivity index is 1.43. The molecule has 2 aromatic rings. The second-order valence-corrected chi connectivity index (χ2v) is 7.43. The van der Waals surface area contributed by atoms with Crippen molar-refractivity contribution in [3.05, 3.63) is 48.0 Å². The molecule has 1 aliphatic heterocycles. The van der Waals surface area contributed by atoms with Gasteiger partial charge in [0.25, 0.3) is 0 Å². The van der Waals surface area contributed by atoms with E-state index in [9.17, 15) is 9.59 Å². The summed E-state index contributed by atoms with van der Waals surface area (Å²) in [4.78, 5) is 26.1. The summed E-state index contributed by atoms with van der Waals surface area (Å²) in [6.07, 6.45) is 3.53. The van der Waals surface area contributed by atoms with E-state index in [1.54, 1.807) is 4.90 Å². The zero-order valence-corrected chi connectivity index (χ0v) is 16.1. The van der Waals surface area contributed by atoms with Crippen molar-refractivity contribution in [3.8, 4) is 0 Å². The molecule has 0 bridgehead atoms. The minimum atomic E-state index is -0.122. The monoisotopic (exact) mass is 368 g/mol. The van der Waals surface area contributed by atoms with Crippen molar-refractivity contribution in [2.24, 2.45) is 0 Å². The Morgan fingerprint density at radius 2 is 1.78 bits per heavy atom. The number of amides is 2. The van der Waals surface area contributed by atoms with E-state index in [1.165, 1.54) is 13.0 Å². The maximum atomic E-state index is 12.3. The summed E-state index contributed by atoms with van der Waals surface area (Å²) in [5.41, 5.74) is 0.984. The van der Waals surface area contributed by atoms with E-state index in [-0.39, 0.29) is 30.8 Å². The first-order chi connectivity index (χ1) is 13.2. The van der Waals surface area contributed by atoms with E-state index in [0.717, 1.165) is 42.3 Å². The minimum absolute atomic E-state index is 0.0473. The van der Waals surface area contributed by atoms with E-state index in [2.05, 4.69) is 17.6 Å². The van der Waals surface area contributed by atoms with Crippen molar-refractivity contribution >= 4 is 22.6 Å². The van der Waals surface area contributed by atoms with Crippen LogP contribution in [-0.2, 0) is 16.0 Å². The van der Waals surface area contributed by atoms with Gasteiger partial charge in [0.1, 0.15) is 0 Å². The molecule has 0 saturated carbocycles. The van der Waals surface area contributed by atoms with Crippen LogP contribution in [0, 0.1) is 0 Å². The van der Waals surface area contributed by atoms with Gasteiger partial charge >= 0.3 is 0 Å². The molecule has 0 atom stereocenters. The van der Waals surface area contributed by atoms with Crippen molar-refractivity contribution in [1.82, 2.24) is 10.6 Å². The smallest absolute Gasteiger partial charge is 0.239 e. The number of hydrogen-bond acceptors (Lipinski definition) is 2. The van der Waals surface area contributed by atoms with Gasteiger partial charge in [-0.1, -0.05) is 49.4 Å². The number of nitrogens with one attached hydrogen (secondary N) is 3. The van der Waals surface area contributed by atoms with Gasteiger partial charge in [-0.3, -0.25) is 9.59 Å². The fraction of sp³-hybridized carbons (Fsp3) is 0.455. The molecule has 1 fully saturated rings. The number of carbonyl (C=O) groups excluding carboxylic acids is 2. The average molecular weight is 369 g/mol. The van der Waals surface area contributed by atoms with Crippen molar-refractivity contribution < 1.29 is 14.5 Å². The maximum Gasteiger partial charge on any atom is 0.239 e. The molecule has 2 amide bonds. The summed E-state index contributed by atoms with van der Waals surface area (Å²) in [7, 11) is 0. The number of carbonyl (C=O) groups is 2. The predicted octanol–water partition coefficient (Wildman–Crippen LogP) is 1.07. The Hall–Kier alpha value is -2.40. The molecule has 0 aliphatic carbocycles. The first-order valence-electron chi connectivity index (χ1n) is 10.0. The lowest BCUT2D eigenvalue weighted by Gasteiger charge is -2.29. The van der Waals surface area contributed by atoms with E-state index >= 15 is 0 Å². The molecule has 2 aromatic carbocycles. The van der Waals surface area contributed by atoms with Gasteiger partial charge in [-0.15, -0.1) is 0 Å². The number of fused-ring (bicyclic) bond motifs is 1. The van der Waals surface area contributed by atoms with Crippen molar-refractivity contribution in [1.29, 1.82) is 0 Å². The summed E-state index contributed by atoms with van der Waals surface area (Å²) >= 11 is 0. The standard InChI is InChI=1S/C22H29N3O2/c1-2-12-25-13-10-19(11-14-25)24-22(27)16-23-21(26)15-18-8-5-7-17-6-3-4-9-20(17)18/h3-9,19H,2,10-16H2,1H3,(H,23,26)(H,24,27)/p+1. The third-order valence-electron chi connectivity index (χ3n) is 5.34. The first-order valence-corrected chi connectivity index (χ1v) is 10.0. The molecular formula is C22H30N3O2+. The van der Waals surface area contributed by atoms with Gasteiger partial charge < -0.3 is 15.5 Å². The topological polar surface area (TPSA) is 62.6 Å². The highest BCUT2D eigenvalue weighted by Gasteiger charge is 2.22. The third-order valence-corrected chi connectivity index (χ3v) is 5.34. The van der Waals surface area contributed by atoms with Crippen LogP contribution < -0.4 is 15.5 Å². The number of likely N-dealkylation sites (tertiary alicyclic amines) is 1. The van der Waals surface area contributed by atoms with E-state index < -0.39 is 0 Å². The highest BCUT2D eigenvalue weighted by atomic mass is 16.2. The molecule has 3 N–H and O–H groups in total. The molecule has 5 nitrogen and oxygen atoms in total.